The molecule has 6 heteroatoms. The summed E-state index contributed by atoms with van der Waals surface area (Å²) < 4.78 is 3.19. The fourth-order valence-electron chi connectivity index (χ4n) is 3.93. The standard InChI is InChI=1S/C23H24N4O2/c1-4-19(22(28)25-15(2)16-10-6-5-7-11-16)27-20-13-9-8-12-17(20)18-14-24-26(3)23(29)21(18)27/h5-15,19H,4H2,1-3H3,(H,25,28)/t15-,19+/m1/s1. The lowest BCUT2D eigenvalue weighted by Gasteiger charge is -2.22. The number of hydrogen-bond donors (Lipinski definition) is 1. The van der Waals surface area contributed by atoms with Crippen LogP contribution < -0.4 is 10.9 Å². The summed E-state index contributed by atoms with van der Waals surface area (Å²) in [5, 5.41) is 8.99. The first-order valence-corrected chi connectivity index (χ1v) is 9.83. The van der Waals surface area contributed by atoms with Crippen LogP contribution in [0.3, 0.4) is 0 Å². The molecule has 4 aromatic rings. The Morgan fingerprint density at radius 1 is 1.07 bits per heavy atom. The molecule has 148 valence electrons. The molecule has 0 saturated carbocycles. The Morgan fingerprint density at radius 2 is 1.76 bits per heavy atom. The van der Waals surface area contributed by atoms with E-state index in [-0.39, 0.29) is 17.5 Å². The minimum Gasteiger partial charge on any atom is -0.348 e. The Bertz CT molecular complexity index is 1240. The van der Waals surface area contributed by atoms with Gasteiger partial charge < -0.3 is 9.88 Å². The molecule has 0 aliphatic heterocycles. The first-order valence-electron chi connectivity index (χ1n) is 9.83. The van der Waals surface area contributed by atoms with Crippen molar-refractivity contribution in [3.8, 4) is 0 Å². The maximum absolute atomic E-state index is 13.3. The molecule has 6 nitrogen and oxygen atoms in total. The first-order chi connectivity index (χ1) is 14.0. The Balaban J connectivity index is 1.83. The van der Waals surface area contributed by atoms with Gasteiger partial charge in [-0.05, 0) is 25.0 Å². The highest BCUT2D eigenvalue weighted by Gasteiger charge is 2.26. The Morgan fingerprint density at radius 3 is 2.48 bits per heavy atom. The number of carbonyl (C=O) groups excluding carboxylic acids is 1. The van der Waals surface area contributed by atoms with Gasteiger partial charge in [-0.1, -0.05) is 55.5 Å². The lowest BCUT2D eigenvalue weighted by Crippen LogP contribution is -2.35. The second kappa shape index (κ2) is 7.54. The second-order valence-electron chi connectivity index (χ2n) is 7.29. The maximum atomic E-state index is 13.3. The zero-order valence-electron chi connectivity index (χ0n) is 16.8. The summed E-state index contributed by atoms with van der Waals surface area (Å²) in [6.45, 7) is 3.93. The van der Waals surface area contributed by atoms with Gasteiger partial charge in [0.1, 0.15) is 11.6 Å². The molecule has 2 aromatic carbocycles. The van der Waals surface area contributed by atoms with Gasteiger partial charge in [0.2, 0.25) is 5.91 Å². The molecule has 0 saturated heterocycles. The predicted molar refractivity (Wildman–Crippen MR) is 115 cm³/mol. The molecular weight excluding hydrogens is 364 g/mol. The van der Waals surface area contributed by atoms with Crippen LogP contribution in [-0.4, -0.2) is 20.3 Å². The number of aryl methyl sites for hydroxylation is 1. The number of carbonyl (C=O) groups is 1. The number of hydrogen-bond acceptors (Lipinski definition) is 3. The predicted octanol–water partition coefficient (Wildman–Crippen LogP) is 3.72. The van der Waals surface area contributed by atoms with E-state index in [4.69, 9.17) is 0 Å². The van der Waals surface area contributed by atoms with Crippen molar-refractivity contribution in [2.45, 2.75) is 32.4 Å². The molecule has 0 aliphatic rings. The normalized spacial score (nSPS) is 13.5. The van der Waals surface area contributed by atoms with Gasteiger partial charge >= 0.3 is 0 Å². The summed E-state index contributed by atoms with van der Waals surface area (Å²) in [4.78, 5) is 26.2. The van der Waals surface area contributed by atoms with Crippen LogP contribution in [0.5, 0.6) is 0 Å². The number of fused-ring (bicyclic) bond motifs is 3. The van der Waals surface area contributed by atoms with Gasteiger partial charge in [-0.25, -0.2) is 4.68 Å². The molecule has 0 unspecified atom stereocenters. The number of nitrogens with one attached hydrogen (secondary N) is 1. The highest BCUT2D eigenvalue weighted by atomic mass is 16.2. The van der Waals surface area contributed by atoms with Crippen molar-refractivity contribution in [3.05, 3.63) is 76.7 Å². The van der Waals surface area contributed by atoms with E-state index in [1.54, 1.807) is 13.2 Å². The van der Waals surface area contributed by atoms with Crippen LogP contribution in [0.2, 0.25) is 0 Å². The summed E-state index contributed by atoms with van der Waals surface area (Å²) in [6, 6.07) is 17.0. The molecule has 2 aromatic heterocycles. The lowest BCUT2D eigenvalue weighted by molar-refractivity contribution is -0.124. The molecule has 0 fully saturated rings. The van der Waals surface area contributed by atoms with Gasteiger partial charge in [0.15, 0.2) is 0 Å². The van der Waals surface area contributed by atoms with E-state index >= 15 is 0 Å². The first kappa shape index (κ1) is 18.9. The molecule has 0 aliphatic carbocycles. The van der Waals surface area contributed by atoms with Crippen molar-refractivity contribution < 1.29 is 4.79 Å². The molecule has 1 amide bonds. The van der Waals surface area contributed by atoms with Crippen LogP contribution in [0.4, 0.5) is 0 Å². The number of aromatic nitrogens is 3. The van der Waals surface area contributed by atoms with Crippen LogP contribution in [0, 0.1) is 0 Å². The van der Waals surface area contributed by atoms with Gasteiger partial charge in [0.25, 0.3) is 5.56 Å². The molecule has 0 bridgehead atoms. The second-order valence-corrected chi connectivity index (χ2v) is 7.29. The van der Waals surface area contributed by atoms with E-state index in [0.29, 0.717) is 11.9 Å². The van der Waals surface area contributed by atoms with Gasteiger partial charge in [-0.3, -0.25) is 9.59 Å². The van der Waals surface area contributed by atoms with Crippen molar-refractivity contribution in [1.82, 2.24) is 19.7 Å². The van der Waals surface area contributed by atoms with E-state index in [2.05, 4.69) is 10.4 Å². The van der Waals surface area contributed by atoms with E-state index in [0.717, 1.165) is 21.9 Å². The minimum absolute atomic E-state index is 0.106. The van der Waals surface area contributed by atoms with E-state index in [9.17, 15) is 9.59 Å². The SMILES string of the molecule is CC[C@@H](C(=O)N[C@H](C)c1ccccc1)n1c2ccccc2c2cnn(C)c(=O)c21. The molecule has 1 N–H and O–H groups in total. The van der Waals surface area contributed by atoms with Gasteiger partial charge in [0, 0.05) is 17.8 Å². The number of benzene rings is 2. The minimum atomic E-state index is -0.501. The van der Waals surface area contributed by atoms with E-state index in [1.807, 2.05) is 73.0 Å². The lowest BCUT2D eigenvalue weighted by atomic mass is 10.1. The molecule has 2 atom stereocenters. The van der Waals surface area contributed by atoms with Crippen molar-refractivity contribution >= 4 is 27.7 Å². The third-order valence-corrected chi connectivity index (χ3v) is 5.47. The topological polar surface area (TPSA) is 68.9 Å². The van der Waals surface area contributed by atoms with Crippen LogP contribution in [-0.2, 0) is 11.8 Å². The third kappa shape index (κ3) is 3.20. The van der Waals surface area contributed by atoms with Crippen LogP contribution in [0.15, 0.2) is 65.6 Å². The number of rotatable bonds is 5. The summed E-state index contributed by atoms with van der Waals surface area (Å²) >= 11 is 0. The molecule has 0 radical (unpaired) electrons. The Kier molecular flexibility index (Phi) is 4.92. The number of amides is 1. The average molecular weight is 388 g/mol. The zero-order chi connectivity index (χ0) is 20.5. The summed E-state index contributed by atoms with van der Waals surface area (Å²) in [6.07, 6.45) is 2.26. The molecule has 2 heterocycles. The smallest absolute Gasteiger partial charge is 0.291 e. The highest BCUT2D eigenvalue weighted by Crippen LogP contribution is 2.31. The quantitative estimate of drug-likeness (QED) is 0.567. The van der Waals surface area contributed by atoms with Crippen molar-refractivity contribution in [1.29, 1.82) is 0 Å². The fourth-order valence-corrected chi connectivity index (χ4v) is 3.93. The van der Waals surface area contributed by atoms with Gasteiger partial charge in [-0.2, -0.15) is 5.10 Å². The van der Waals surface area contributed by atoms with E-state index in [1.165, 1.54) is 4.68 Å². The maximum Gasteiger partial charge on any atom is 0.291 e. The van der Waals surface area contributed by atoms with Crippen molar-refractivity contribution in [2.24, 2.45) is 7.05 Å². The summed E-state index contributed by atoms with van der Waals surface area (Å²) in [5.41, 5.74) is 2.21. The molecule has 0 spiro atoms. The Hall–Kier alpha value is -3.41. The van der Waals surface area contributed by atoms with Crippen LogP contribution >= 0.6 is 0 Å². The third-order valence-electron chi connectivity index (χ3n) is 5.47. The summed E-state index contributed by atoms with van der Waals surface area (Å²) in [5.74, 6) is -0.106. The Labute approximate surface area is 168 Å². The number of nitrogens with zero attached hydrogens (tertiary/aromatic N) is 3. The largest absolute Gasteiger partial charge is 0.348 e. The zero-order valence-corrected chi connectivity index (χ0v) is 16.8. The van der Waals surface area contributed by atoms with Gasteiger partial charge in [-0.15, -0.1) is 0 Å². The summed E-state index contributed by atoms with van der Waals surface area (Å²) in [7, 11) is 1.63. The molecular formula is C23H24N4O2. The van der Waals surface area contributed by atoms with Crippen LogP contribution in [0.1, 0.15) is 37.9 Å². The van der Waals surface area contributed by atoms with Crippen molar-refractivity contribution in [2.75, 3.05) is 0 Å². The average Bonchev–Trinajstić information content (AvgIpc) is 3.07. The monoisotopic (exact) mass is 388 g/mol. The number of para-hydroxylation sites is 1. The highest BCUT2D eigenvalue weighted by molar-refractivity contribution is 6.08. The van der Waals surface area contributed by atoms with Crippen LogP contribution in [0.25, 0.3) is 21.8 Å². The fraction of sp³-hybridized carbons (Fsp3) is 0.261. The van der Waals surface area contributed by atoms with Gasteiger partial charge in [0.05, 0.1) is 17.8 Å². The van der Waals surface area contributed by atoms with E-state index < -0.39 is 6.04 Å². The molecule has 29 heavy (non-hydrogen) atoms. The molecule has 4 rings (SSSR count). The van der Waals surface area contributed by atoms with Crippen molar-refractivity contribution in [3.63, 3.8) is 0 Å².